The molecule has 0 aliphatic carbocycles. The number of nitrogens with zero attached hydrogens (tertiary/aromatic N) is 4. The summed E-state index contributed by atoms with van der Waals surface area (Å²) >= 11 is 1.70. The number of halogens is 4. The van der Waals surface area contributed by atoms with Crippen molar-refractivity contribution in [2.24, 2.45) is 0 Å². The summed E-state index contributed by atoms with van der Waals surface area (Å²) < 4.78 is 61.8. The second-order valence-electron chi connectivity index (χ2n) is 8.76. The highest BCUT2D eigenvalue weighted by Crippen LogP contribution is 2.36. The largest absolute Gasteiger partial charge is 0.495 e. The summed E-state index contributed by atoms with van der Waals surface area (Å²) in [6.07, 6.45) is -4.74. The van der Waals surface area contributed by atoms with E-state index in [0.29, 0.717) is 31.0 Å². The number of methoxy groups -OCH3 is 1. The first-order valence-corrected chi connectivity index (χ1v) is 12.7. The van der Waals surface area contributed by atoms with Crippen molar-refractivity contribution in [2.45, 2.75) is 18.0 Å². The second-order valence-corrected chi connectivity index (χ2v) is 9.93. The molecular weight excluding hydrogens is 496 g/mol. The first kappa shape index (κ1) is 26.6. The maximum Gasteiger partial charge on any atom is 0.417 e. The van der Waals surface area contributed by atoms with Crippen molar-refractivity contribution >= 4 is 23.5 Å². The zero-order valence-corrected chi connectivity index (χ0v) is 21.2. The number of benzene rings is 2. The number of hydrogen-bond acceptors (Lipinski definition) is 6. The van der Waals surface area contributed by atoms with Gasteiger partial charge in [0.2, 0.25) is 0 Å². The van der Waals surface area contributed by atoms with Crippen LogP contribution in [0.5, 0.6) is 5.75 Å². The van der Waals surface area contributed by atoms with Crippen LogP contribution in [0.2, 0.25) is 0 Å². The lowest BCUT2D eigenvalue weighted by Gasteiger charge is -2.37. The molecule has 36 heavy (non-hydrogen) atoms. The fourth-order valence-corrected chi connectivity index (χ4v) is 5.46. The number of hydrogen-bond donors (Lipinski definition) is 0. The van der Waals surface area contributed by atoms with Gasteiger partial charge in [0.25, 0.3) is 5.91 Å². The van der Waals surface area contributed by atoms with Crippen LogP contribution in [0.15, 0.2) is 41.3 Å². The molecule has 0 radical (unpaired) electrons. The number of piperazine rings is 2. The van der Waals surface area contributed by atoms with Crippen molar-refractivity contribution < 1.29 is 27.1 Å². The van der Waals surface area contributed by atoms with E-state index in [9.17, 15) is 22.4 Å². The minimum Gasteiger partial charge on any atom is -0.495 e. The molecular formula is C25H30F4N4O2S. The van der Waals surface area contributed by atoms with Gasteiger partial charge in [-0.15, -0.1) is 0 Å². The van der Waals surface area contributed by atoms with Crippen LogP contribution in [0.4, 0.5) is 23.2 Å². The van der Waals surface area contributed by atoms with Crippen LogP contribution in [-0.4, -0.2) is 86.0 Å². The van der Waals surface area contributed by atoms with Crippen LogP contribution in [0.3, 0.4) is 0 Å². The van der Waals surface area contributed by atoms with Crippen LogP contribution < -0.4 is 9.64 Å². The summed E-state index contributed by atoms with van der Waals surface area (Å²) in [4.78, 5) is 19.8. The van der Waals surface area contributed by atoms with E-state index >= 15 is 0 Å². The smallest absolute Gasteiger partial charge is 0.417 e. The molecule has 0 spiro atoms. The maximum atomic E-state index is 13.7. The van der Waals surface area contributed by atoms with Gasteiger partial charge in [-0.25, -0.2) is 8.70 Å². The second kappa shape index (κ2) is 11.3. The Balaban J connectivity index is 1.44. The Morgan fingerprint density at radius 2 is 1.67 bits per heavy atom. The van der Waals surface area contributed by atoms with Gasteiger partial charge in [0.15, 0.2) is 0 Å². The zero-order valence-electron chi connectivity index (χ0n) is 20.4. The standard InChI is InChI=1S/C25H30F4N4O2S/c1-3-30-8-14-33(15-9-30)36-19-5-7-23(35-2)22(17-19)31-10-12-32(13-11-31)24(34)20-16-18(26)4-6-21(20)25(27,28)29/h4-7,16-17H,3,8-15H2,1-2H3. The third-order valence-corrected chi connectivity index (χ3v) is 7.68. The molecule has 0 saturated carbocycles. The third kappa shape index (κ3) is 6.07. The van der Waals surface area contributed by atoms with E-state index in [0.717, 1.165) is 49.4 Å². The van der Waals surface area contributed by atoms with E-state index in [1.807, 2.05) is 12.1 Å². The van der Waals surface area contributed by atoms with E-state index in [2.05, 4.69) is 27.1 Å². The van der Waals surface area contributed by atoms with Gasteiger partial charge in [0.1, 0.15) is 11.6 Å². The molecule has 1 amide bonds. The number of ether oxygens (including phenoxy) is 1. The Morgan fingerprint density at radius 1 is 0.972 bits per heavy atom. The van der Waals surface area contributed by atoms with Crippen LogP contribution in [0.1, 0.15) is 22.8 Å². The normalized spacial score (nSPS) is 17.9. The monoisotopic (exact) mass is 526 g/mol. The van der Waals surface area contributed by atoms with Crippen LogP contribution in [0, 0.1) is 5.82 Å². The van der Waals surface area contributed by atoms with Gasteiger partial charge in [0, 0.05) is 57.3 Å². The number of amides is 1. The number of likely N-dealkylation sites (N-methyl/N-ethyl adjacent to an activating group) is 1. The minimum atomic E-state index is -4.74. The van der Waals surface area contributed by atoms with Crippen molar-refractivity contribution in [1.82, 2.24) is 14.1 Å². The highest BCUT2D eigenvalue weighted by Gasteiger charge is 2.37. The Hall–Kier alpha value is -2.50. The Labute approximate surface area is 212 Å². The summed E-state index contributed by atoms with van der Waals surface area (Å²) in [6, 6.07) is 8.00. The van der Waals surface area contributed by atoms with E-state index in [4.69, 9.17) is 4.74 Å². The van der Waals surface area contributed by atoms with E-state index < -0.39 is 29.0 Å². The lowest BCUT2D eigenvalue weighted by atomic mass is 10.0. The minimum absolute atomic E-state index is 0.214. The summed E-state index contributed by atoms with van der Waals surface area (Å²) in [6.45, 7) is 8.49. The van der Waals surface area contributed by atoms with Crippen LogP contribution in [0.25, 0.3) is 0 Å². The van der Waals surface area contributed by atoms with Crippen molar-refractivity contribution in [3.63, 3.8) is 0 Å². The van der Waals surface area contributed by atoms with E-state index in [1.54, 1.807) is 19.1 Å². The molecule has 6 nitrogen and oxygen atoms in total. The number of carbonyl (C=O) groups excluding carboxylic acids is 1. The lowest BCUT2D eigenvalue weighted by molar-refractivity contribution is -0.138. The molecule has 4 rings (SSSR count). The van der Waals surface area contributed by atoms with Gasteiger partial charge >= 0.3 is 6.18 Å². The number of anilines is 1. The van der Waals surface area contributed by atoms with Gasteiger partial charge in [-0.05, 0) is 54.9 Å². The number of rotatable bonds is 6. The summed E-state index contributed by atoms with van der Waals surface area (Å²) in [5, 5.41) is 0. The van der Waals surface area contributed by atoms with Crippen molar-refractivity contribution in [3.8, 4) is 5.75 Å². The average molecular weight is 527 g/mol. The molecule has 0 N–H and O–H groups in total. The average Bonchev–Trinajstić information content (AvgIpc) is 2.88. The summed E-state index contributed by atoms with van der Waals surface area (Å²) in [5.74, 6) is -0.997. The van der Waals surface area contributed by atoms with Gasteiger partial charge in [-0.2, -0.15) is 13.2 Å². The topological polar surface area (TPSA) is 39.3 Å². The van der Waals surface area contributed by atoms with Crippen molar-refractivity contribution in [1.29, 1.82) is 0 Å². The maximum absolute atomic E-state index is 13.7. The Morgan fingerprint density at radius 3 is 2.28 bits per heavy atom. The lowest BCUT2D eigenvalue weighted by Crippen LogP contribution is -2.49. The summed E-state index contributed by atoms with van der Waals surface area (Å²) in [7, 11) is 1.60. The molecule has 11 heteroatoms. The molecule has 2 aliphatic rings. The van der Waals surface area contributed by atoms with Crippen LogP contribution in [-0.2, 0) is 6.18 Å². The number of carbonyl (C=O) groups is 1. The number of alkyl halides is 3. The molecule has 196 valence electrons. The first-order valence-electron chi connectivity index (χ1n) is 11.9. The fourth-order valence-electron chi connectivity index (χ4n) is 4.52. The molecule has 0 aromatic heterocycles. The predicted octanol–water partition coefficient (Wildman–Crippen LogP) is 4.46. The first-order chi connectivity index (χ1) is 17.2. The SMILES string of the molecule is CCN1CCN(Sc2ccc(OC)c(N3CCN(C(=O)c4cc(F)ccc4C(F)(F)F)CC3)c2)CC1. The van der Waals surface area contributed by atoms with E-state index in [1.165, 1.54) is 4.90 Å². The zero-order chi connectivity index (χ0) is 25.9. The fraction of sp³-hybridized carbons (Fsp3) is 0.480. The van der Waals surface area contributed by atoms with Gasteiger partial charge < -0.3 is 19.4 Å². The third-order valence-electron chi connectivity index (χ3n) is 6.59. The van der Waals surface area contributed by atoms with Crippen LogP contribution >= 0.6 is 11.9 Å². The summed E-state index contributed by atoms with van der Waals surface area (Å²) in [5.41, 5.74) is -0.902. The van der Waals surface area contributed by atoms with E-state index in [-0.39, 0.29) is 13.1 Å². The highest BCUT2D eigenvalue weighted by molar-refractivity contribution is 7.97. The predicted molar refractivity (Wildman–Crippen MR) is 132 cm³/mol. The molecule has 0 atom stereocenters. The molecule has 0 unspecified atom stereocenters. The van der Waals surface area contributed by atoms with Gasteiger partial charge in [-0.3, -0.25) is 4.79 Å². The Bertz CT molecular complexity index is 1070. The molecule has 2 fully saturated rings. The van der Waals surface area contributed by atoms with Crippen molar-refractivity contribution in [3.05, 3.63) is 53.3 Å². The quantitative estimate of drug-likeness (QED) is 0.409. The molecule has 2 aromatic carbocycles. The Kier molecular flexibility index (Phi) is 8.31. The van der Waals surface area contributed by atoms with Crippen molar-refractivity contribution in [2.75, 3.05) is 70.9 Å². The van der Waals surface area contributed by atoms with Gasteiger partial charge in [-0.1, -0.05) is 6.92 Å². The molecule has 2 saturated heterocycles. The molecule has 2 aliphatic heterocycles. The molecule has 2 heterocycles. The highest BCUT2D eigenvalue weighted by atomic mass is 32.2. The van der Waals surface area contributed by atoms with Gasteiger partial charge in [0.05, 0.1) is 23.9 Å². The molecule has 2 aromatic rings. The molecule has 0 bridgehead atoms.